The van der Waals surface area contributed by atoms with Crippen molar-refractivity contribution < 1.29 is 19.1 Å². The predicted molar refractivity (Wildman–Crippen MR) is 78.7 cm³/mol. The van der Waals surface area contributed by atoms with Crippen LogP contribution in [0.2, 0.25) is 0 Å². The second-order valence-electron chi connectivity index (χ2n) is 6.19. The van der Waals surface area contributed by atoms with Gasteiger partial charge in [0, 0.05) is 17.8 Å². The molecule has 1 aromatic rings. The van der Waals surface area contributed by atoms with E-state index >= 15 is 0 Å². The number of nitrogens with one attached hydrogen (secondary N) is 1. The summed E-state index contributed by atoms with van der Waals surface area (Å²) in [6, 6.07) is 7.84. The Bertz CT molecular complexity index is 506. The average Bonchev–Trinajstić information content (AvgIpc) is 2.60. The number of fused-ring (bicyclic) bond motifs is 1. The first-order valence-corrected chi connectivity index (χ1v) is 7.05. The predicted octanol–water partition coefficient (Wildman–Crippen LogP) is 2.50. The van der Waals surface area contributed by atoms with Crippen LogP contribution in [-0.2, 0) is 25.7 Å². The quantitative estimate of drug-likeness (QED) is 0.670. The molecule has 0 spiro atoms. The molecule has 1 atom stereocenters. The molecule has 0 aromatic heterocycles. The highest BCUT2D eigenvalue weighted by Gasteiger charge is 2.27. The van der Waals surface area contributed by atoms with E-state index in [4.69, 9.17) is 9.47 Å². The third-order valence-corrected chi connectivity index (χ3v) is 3.23. The molecule has 1 aromatic carbocycles. The minimum atomic E-state index is -0.686. The maximum absolute atomic E-state index is 11.8. The van der Waals surface area contributed by atoms with Crippen molar-refractivity contribution in [3.05, 3.63) is 29.8 Å². The van der Waals surface area contributed by atoms with Gasteiger partial charge in [0.15, 0.2) is 0 Å². The van der Waals surface area contributed by atoms with Crippen molar-refractivity contribution >= 4 is 17.6 Å². The number of hydrogen-bond donors (Lipinski definition) is 1. The molecule has 1 N–H and O–H groups in total. The fourth-order valence-corrected chi connectivity index (χ4v) is 1.92. The summed E-state index contributed by atoms with van der Waals surface area (Å²) in [5.41, 5.74) is 1.38. The molecule has 0 radical (unpaired) electrons. The number of ether oxygens (including phenoxy) is 2. The van der Waals surface area contributed by atoms with Crippen LogP contribution in [-0.4, -0.2) is 24.6 Å². The van der Waals surface area contributed by atoms with E-state index in [9.17, 15) is 9.59 Å². The van der Waals surface area contributed by atoms with Crippen LogP contribution in [0.3, 0.4) is 0 Å². The van der Waals surface area contributed by atoms with Gasteiger partial charge in [0.2, 0.25) is 0 Å². The lowest BCUT2D eigenvalue weighted by molar-refractivity contribution is -0.167. The van der Waals surface area contributed by atoms with Crippen LogP contribution in [0, 0.1) is 5.41 Å². The number of carbonyl (C=O) groups excluding carboxylic acids is 2. The van der Waals surface area contributed by atoms with E-state index in [-0.39, 0.29) is 12.5 Å². The molecule has 5 nitrogen and oxygen atoms in total. The van der Waals surface area contributed by atoms with Crippen LogP contribution in [0.1, 0.15) is 32.8 Å². The summed E-state index contributed by atoms with van der Waals surface area (Å²) >= 11 is 0. The second kappa shape index (κ2) is 6.26. The lowest BCUT2D eigenvalue weighted by atomic mass is 9.97. The number of anilines is 1. The summed E-state index contributed by atoms with van der Waals surface area (Å²) in [5.74, 6) is -1.06. The molecule has 0 aliphatic carbocycles. The van der Waals surface area contributed by atoms with Gasteiger partial charge in [-0.05, 0) is 26.8 Å². The second-order valence-corrected chi connectivity index (χ2v) is 6.19. The van der Waals surface area contributed by atoms with Gasteiger partial charge in [-0.25, -0.2) is 0 Å². The van der Waals surface area contributed by atoms with E-state index in [1.165, 1.54) is 0 Å². The Labute approximate surface area is 124 Å². The van der Waals surface area contributed by atoms with Crippen LogP contribution in [0.5, 0.6) is 0 Å². The minimum absolute atomic E-state index is 0.0583. The third-order valence-electron chi connectivity index (χ3n) is 3.23. The molecule has 5 heteroatoms. The highest BCUT2D eigenvalue weighted by molar-refractivity contribution is 5.88. The van der Waals surface area contributed by atoms with Gasteiger partial charge in [-0.15, -0.1) is 0 Å². The molecular weight excluding hydrogens is 270 g/mol. The molecule has 1 aliphatic rings. The molecule has 21 heavy (non-hydrogen) atoms. The summed E-state index contributed by atoms with van der Waals surface area (Å²) in [6.07, 6.45) is -0.249. The molecule has 1 heterocycles. The summed E-state index contributed by atoms with van der Waals surface area (Å²) in [7, 11) is 0. The summed E-state index contributed by atoms with van der Waals surface area (Å²) < 4.78 is 10.5. The van der Waals surface area contributed by atoms with Gasteiger partial charge < -0.3 is 14.8 Å². The zero-order valence-corrected chi connectivity index (χ0v) is 12.6. The largest absolute Gasteiger partial charge is 0.393 e. The molecule has 114 valence electrons. The molecule has 0 amide bonds. The van der Waals surface area contributed by atoms with Crippen molar-refractivity contribution in [3.63, 3.8) is 0 Å². The standard InChI is InChI=1S/C16H21NO4/c1-16(2,3)15(19)21-14(18)8-12-9-17-13-7-5-4-6-11(13)10-20-12/h4-7,12,17H,8-10H2,1-3H3. The van der Waals surface area contributed by atoms with Crippen molar-refractivity contribution in [3.8, 4) is 0 Å². The summed E-state index contributed by atoms with van der Waals surface area (Å²) in [4.78, 5) is 23.5. The van der Waals surface area contributed by atoms with Gasteiger partial charge in [-0.1, -0.05) is 18.2 Å². The van der Waals surface area contributed by atoms with Crippen molar-refractivity contribution in [1.29, 1.82) is 0 Å². The van der Waals surface area contributed by atoms with Crippen LogP contribution >= 0.6 is 0 Å². The SMILES string of the molecule is CC(C)(C)C(=O)OC(=O)CC1CNc2ccccc2CO1. The van der Waals surface area contributed by atoms with Crippen molar-refractivity contribution in [1.82, 2.24) is 0 Å². The molecule has 0 fully saturated rings. The Morgan fingerprint density at radius 2 is 2.05 bits per heavy atom. The van der Waals surface area contributed by atoms with E-state index in [0.717, 1.165) is 11.3 Å². The molecular formula is C16H21NO4. The number of benzene rings is 1. The van der Waals surface area contributed by atoms with Gasteiger partial charge in [0.05, 0.1) is 24.5 Å². The Hall–Kier alpha value is -1.88. The zero-order chi connectivity index (χ0) is 15.5. The Kier molecular flexibility index (Phi) is 4.63. The lowest BCUT2D eigenvalue weighted by Gasteiger charge is -2.17. The van der Waals surface area contributed by atoms with E-state index in [2.05, 4.69) is 5.32 Å². The molecule has 0 saturated heterocycles. The summed E-state index contributed by atoms with van der Waals surface area (Å²) in [6.45, 7) is 6.08. The van der Waals surface area contributed by atoms with E-state index in [1.807, 2.05) is 24.3 Å². The van der Waals surface area contributed by atoms with Crippen LogP contribution < -0.4 is 5.32 Å². The lowest BCUT2D eigenvalue weighted by Crippen LogP contribution is -2.30. The van der Waals surface area contributed by atoms with E-state index < -0.39 is 17.4 Å². The first kappa shape index (κ1) is 15.5. The Balaban J connectivity index is 1.88. The van der Waals surface area contributed by atoms with Gasteiger partial charge in [-0.3, -0.25) is 9.59 Å². The Morgan fingerprint density at radius 3 is 2.76 bits per heavy atom. The normalized spacial score (nSPS) is 18.1. The average molecular weight is 291 g/mol. The van der Waals surface area contributed by atoms with Gasteiger partial charge >= 0.3 is 11.9 Å². The van der Waals surface area contributed by atoms with Crippen molar-refractivity contribution in [2.24, 2.45) is 5.41 Å². The van der Waals surface area contributed by atoms with Crippen molar-refractivity contribution in [2.45, 2.75) is 39.9 Å². The third kappa shape index (κ3) is 4.29. The van der Waals surface area contributed by atoms with Crippen LogP contribution in [0.15, 0.2) is 24.3 Å². The van der Waals surface area contributed by atoms with Gasteiger partial charge in [0.1, 0.15) is 0 Å². The highest BCUT2D eigenvalue weighted by Crippen LogP contribution is 2.21. The monoisotopic (exact) mass is 291 g/mol. The van der Waals surface area contributed by atoms with Gasteiger partial charge in [-0.2, -0.15) is 0 Å². The molecule has 2 rings (SSSR count). The van der Waals surface area contributed by atoms with Crippen molar-refractivity contribution in [2.75, 3.05) is 11.9 Å². The smallest absolute Gasteiger partial charge is 0.318 e. The fourth-order valence-electron chi connectivity index (χ4n) is 1.92. The maximum atomic E-state index is 11.8. The number of rotatable bonds is 2. The van der Waals surface area contributed by atoms with Gasteiger partial charge in [0.25, 0.3) is 0 Å². The molecule has 0 saturated carbocycles. The zero-order valence-electron chi connectivity index (χ0n) is 12.6. The van der Waals surface area contributed by atoms with E-state index in [0.29, 0.717) is 13.2 Å². The highest BCUT2D eigenvalue weighted by atomic mass is 16.6. The number of hydrogen-bond acceptors (Lipinski definition) is 5. The number of carbonyl (C=O) groups is 2. The maximum Gasteiger partial charge on any atom is 0.318 e. The van der Waals surface area contributed by atoms with Crippen LogP contribution in [0.25, 0.3) is 0 Å². The molecule has 0 bridgehead atoms. The minimum Gasteiger partial charge on any atom is -0.393 e. The summed E-state index contributed by atoms with van der Waals surface area (Å²) in [5, 5.41) is 3.25. The fraction of sp³-hybridized carbons (Fsp3) is 0.500. The topological polar surface area (TPSA) is 64.6 Å². The number of para-hydroxylation sites is 1. The number of esters is 2. The van der Waals surface area contributed by atoms with Crippen LogP contribution in [0.4, 0.5) is 5.69 Å². The Morgan fingerprint density at radius 1 is 1.33 bits per heavy atom. The first-order chi connectivity index (χ1) is 9.86. The van der Waals surface area contributed by atoms with E-state index in [1.54, 1.807) is 20.8 Å². The first-order valence-electron chi connectivity index (χ1n) is 7.05. The molecule has 1 unspecified atom stereocenters. The molecule has 1 aliphatic heterocycles.